The summed E-state index contributed by atoms with van der Waals surface area (Å²) >= 11 is 0. The van der Waals surface area contributed by atoms with Gasteiger partial charge in [0, 0.05) is 31.2 Å². The first-order valence-electron chi connectivity index (χ1n) is 8.71. The van der Waals surface area contributed by atoms with E-state index in [1.54, 1.807) is 0 Å². The van der Waals surface area contributed by atoms with Crippen molar-refractivity contribution in [1.29, 1.82) is 0 Å². The van der Waals surface area contributed by atoms with Gasteiger partial charge in [0.25, 0.3) is 0 Å². The highest BCUT2D eigenvalue weighted by molar-refractivity contribution is 4.90. The van der Waals surface area contributed by atoms with Gasteiger partial charge < -0.3 is 5.32 Å². The van der Waals surface area contributed by atoms with Crippen LogP contribution < -0.4 is 5.32 Å². The molecule has 0 bridgehead atoms. The van der Waals surface area contributed by atoms with E-state index in [4.69, 9.17) is 0 Å². The van der Waals surface area contributed by atoms with E-state index < -0.39 is 0 Å². The molecule has 0 aromatic rings. The van der Waals surface area contributed by atoms with E-state index in [0.29, 0.717) is 6.04 Å². The van der Waals surface area contributed by atoms with E-state index in [2.05, 4.69) is 31.0 Å². The topological polar surface area (TPSA) is 15.3 Å². The summed E-state index contributed by atoms with van der Waals surface area (Å²) in [6.07, 6.45) is 11.5. The van der Waals surface area contributed by atoms with Gasteiger partial charge in [-0.05, 0) is 25.7 Å². The van der Waals surface area contributed by atoms with Crippen LogP contribution in [-0.2, 0) is 0 Å². The van der Waals surface area contributed by atoms with Crippen LogP contribution in [0, 0.1) is 5.92 Å². The van der Waals surface area contributed by atoms with Gasteiger partial charge in [-0.25, -0.2) is 0 Å². The minimum absolute atomic E-state index is 0.714. The molecule has 1 saturated carbocycles. The fourth-order valence-electron chi connectivity index (χ4n) is 3.85. The highest BCUT2D eigenvalue weighted by Gasteiger charge is 2.31. The molecule has 0 aromatic carbocycles. The van der Waals surface area contributed by atoms with Crippen molar-refractivity contribution in [2.75, 3.05) is 13.1 Å². The number of hydrogen-bond acceptors (Lipinski definition) is 2. The molecule has 2 rings (SSSR count). The molecule has 0 spiro atoms. The molecule has 2 aliphatic rings. The van der Waals surface area contributed by atoms with Crippen molar-refractivity contribution in [3.05, 3.63) is 0 Å². The Balaban J connectivity index is 1.94. The molecular formula is C17H34N2. The van der Waals surface area contributed by atoms with Crippen LogP contribution in [-0.4, -0.2) is 36.1 Å². The third-order valence-electron chi connectivity index (χ3n) is 5.52. The second-order valence-electron chi connectivity index (χ2n) is 6.95. The van der Waals surface area contributed by atoms with Gasteiger partial charge in [-0.15, -0.1) is 0 Å². The molecule has 0 aromatic heterocycles. The van der Waals surface area contributed by atoms with E-state index in [1.165, 1.54) is 64.5 Å². The number of rotatable bonds is 3. The molecule has 2 fully saturated rings. The maximum absolute atomic E-state index is 3.77. The molecule has 2 nitrogen and oxygen atoms in total. The molecule has 2 heteroatoms. The molecule has 3 atom stereocenters. The highest BCUT2D eigenvalue weighted by atomic mass is 15.3. The lowest BCUT2D eigenvalue weighted by Gasteiger charge is -2.45. The van der Waals surface area contributed by atoms with Gasteiger partial charge in [0.05, 0.1) is 0 Å². The number of nitrogens with one attached hydrogen (secondary N) is 1. The SMILES string of the molecule is CCC(C)C1CN(C2CCCCCCC2)C(C)CN1. The third kappa shape index (κ3) is 4.19. The molecular weight excluding hydrogens is 232 g/mol. The van der Waals surface area contributed by atoms with E-state index in [0.717, 1.165) is 18.0 Å². The lowest BCUT2D eigenvalue weighted by atomic mass is 9.90. The minimum atomic E-state index is 0.714. The maximum atomic E-state index is 3.77. The molecule has 1 N–H and O–H groups in total. The first-order chi connectivity index (χ1) is 9.22. The van der Waals surface area contributed by atoms with Crippen molar-refractivity contribution in [3.8, 4) is 0 Å². The first kappa shape index (κ1) is 15.3. The Morgan fingerprint density at radius 2 is 1.74 bits per heavy atom. The molecule has 0 amide bonds. The van der Waals surface area contributed by atoms with Crippen LogP contribution in [0.1, 0.15) is 72.1 Å². The Bertz CT molecular complexity index is 246. The fraction of sp³-hybridized carbons (Fsp3) is 1.00. The molecule has 1 heterocycles. The molecule has 1 aliphatic carbocycles. The summed E-state index contributed by atoms with van der Waals surface area (Å²) in [5.41, 5.74) is 0. The van der Waals surface area contributed by atoms with Crippen molar-refractivity contribution in [1.82, 2.24) is 10.2 Å². The van der Waals surface area contributed by atoms with Gasteiger partial charge >= 0.3 is 0 Å². The zero-order chi connectivity index (χ0) is 13.7. The quantitative estimate of drug-likeness (QED) is 0.835. The standard InChI is InChI=1S/C17H34N2/c1-4-14(2)17-13-19(15(3)12-18-17)16-10-8-6-5-7-9-11-16/h14-18H,4-13H2,1-3H3. The lowest BCUT2D eigenvalue weighted by molar-refractivity contribution is 0.0621. The van der Waals surface area contributed by atoms with Gasteiger partial charge in [0.2, 0.25) is 0 Å². The van der Waals surface area contributed by atoms with Crippen LogP contribution in [0.5, 0.6) is 0 Å². The van der Waals surface area contributed by atoms with Crippen molar-refractivity contribution in [2.24, 2.45) is 5.92 Å². The van der Waals surface area contributed by atoms with Crippen LogP contribution >= 0.6 is 0 Å². The normalized spacial score (nSPS) is 33.6. The van der Waals surface area contributed by atoms with Crippen LogP contribution in [0.4, 0.5) is 0 Å². The summed E-state index contributed by atoms with van der Waals surface area (Å²) < 4.78 is 0. The molecule has 19 heavy (non-hydrogen) atoms. The Morgan fingerprint density at radius 1 is 1.11 bits per heavy atom. The molecule has 0 radical (unpaired) electrons. The molecule has 1 aliphatic heterocycles. The summed E-state index contributed by atoms with van der Waals surface area (Å²) in [6, 6.07) is 2.31. The van der Waals surface area contributed by atoms with Crippen molar-refractivity contribution in [2.45, 2.75) is 90.3 Å². The van der Waals surface area contributed by atoms with Crippen molar-refractivity contribution in [3.63, 3.8) is 0 Å². The number of hydrogen-bond donors (Lipinski definition) is 1. The van der Waals surface area contributed by atoms with Crippen LogP contribution in [0.3, 0.4) is 0 Å². The number of nitrogens with zero attached hydrogens (tertiary/aromatic N) is 1. The van der Waals surface area contributed by atoms with Gasteiger partial charge in [0.1, 0.15) is 0 Å². The van der Waals surface area contributed by atoms with Crippen LogP contribution in [0.25, 0.3) is 0 Å². The maximum Gasteiger partial charge on any atom is 0.0221 e. The lowest BCUT2D eigenvalue weighted by Crippen LogP contribution is -2.60. The van der Waals surface area contributed by atoms with Gasteiger partial charge in [-0.2, -0.15) is 0 Å². The molecule has 112 valence electrons. The first-order valence-corrected chi connectivity index (χ1v) is 8.71. The van der Waals surface area contributed by atoms with E-state index in [9.17, 15) is 0 Å². The van der Waals surface area contributed by atoms with Gasteiger partial charge in [-0.3, -0.25) is 4.90 Å². The van der Waals surface area contributed by atoms with E-state index in [-0.39, 0.29) is 0 Å². The van der Waals surface area contributed by atoms with E-state index >= 15 is 0 Å². The summed E-state index contributed by atoms with van der Waals surface area (Å²) in [4.78, 5) is 2.85. The Morgan fingerprint density at radius 3 is 2.37 bits per heavy atom. The average Bonchev–Trinajstić information content (AvgIpc) is 2.39. The van der Waals surface area contributed by atoms with Crippen molar-refractivity contribution < 1.29 is 0 Å². The van der Waals surface area contributed by atoms with E-state index in [1.807, 2.05) is 0 Å². The van der Waals surface area contributed by atoms with Crippen LogP contribution in [0.2, 0.25) is 0 Å². The fourth-order valence-corrected chi connectivity index (χ4v) is 3.85. The minimum Gasteiger partial charge on any atom is -0.311 e. The predicted octanol–water partition coefficient (Wildman–Crippen LogP) is 3.81. The Kier molecular flexibility index (Phi) is 6.15. The predicted molar refractivity (Wildman–Crippen MR) is 83.5 cm³/mol. The van der Waals surface area contributed by atoms with Crippen LogP contribution in [0.15, 0.2) is 0 Å². The third-order valence-corrected chi connectivity index (χ3v) is 5.52. The summed E-state index contributed by atoms with van der Waals surface area (Å²) in [7, 11) is 0. The summed E-state index contributed by atoms with van der Waals surface area (Å²) in [5, 5.41) is 3.77. The largest absolute Gasteiger partial charge is 0.311 e. The summed E-state index contributed by atoms with van der Waals surface area (Å²) in [6.45, 7) is 9.61. The zero-order valence-corrected chi connectivity index (χ0v) is 13.3. The van der Waals surface area contributed by atoms with Crippen molar-refractivity contribution >= 4 is 0 Å². The average molecular weight is 266 g/mol. The highest BCUT2D eigenvalue weighted by Crippen LogP contribution is 2.26. The second kappa shape index (κ2) is 7.64. The number of piperazine rings is 1. The molecule has 1 saturated heterocycles. The molecule has 3 unspecified atom stereocenters. The van der Waals surface area contributed by atoms with Gasteiger partial charge in [-0.1, -0.05) is 52.4 Å². The smallest absolute Gasteiger partial charge is 0.0221 e. The monoisotopic (exact) mass is 266 g/mol. The Labute approximate surface area is 120 Å². The zero-order valence-electron chi connectivity index (χ0n) is 13.3. The Hall–Kier alpha value is -0.0800. The van der Waals surface area contributed by atoms with Gasteiger partial charge in [0.15, 0.2) is 0 Å². The second-order valence-corrected chi connectivity index (χ2v) is 6.95. The summed E-state index contributed by atoms with van der Waals surface area (Å²) in [5.74, 6) is 0.809.